The summed E-state index contributed by atoms with van der Waals surface area (Å²) in [5.41, 5.74) is -3.08. The van der Waals surface area contributed by atoms with Gasteiger partial charge in [0.15, 0.2) is 0 Å². The average molecular weight is 1440 g/mol. The molecule has 2 bridgehead atoms. The predicted octanol–water partition coefficient (Wildman–Crippen LogP) is 3.88. The molecule has 5 saturated heterocycles. The highest BCUT2D eigenvalue weighted by atomic mass is 19.4. The number of nitrogens with one attached hydrogen (secondary N) is 3. The van der Waals surface area contributed by atoms with Crippen molar-refractivity contribution in [2.45, 2.75) is 242 Å². The van der Waals surface area contributed by atoms with Crippen LogP contribution in [0.3, 0.4) is 0 Å². The molecule has 568 valence electrons. The van der Waals surface area contributed by atoms with E-state index in [2.05, 4.69) is 16.0 Å². The van der Waals surface area contributed by atoms with Crippen LogP contribution in [0, 0.1) is 23.6 Å². The van der Waals surface area contributed by atoms with Crippen LogP contribution in [0.15, 0.2) is 18.2 Å². The standard InChI is InChI=1S/C72H108F4N12O14/c1-13-34-101-41-56-65(95)80(7)38-57(89)77-51(28-24-45-23-27-49(50(73)36-45)72(74,75)76)64(94)86-32-19-22-52(86)62(92)79-71(30-17-18-31-71)70(100)85(12)60(46-20-15-16-21-46)69(99)83(10)55(67(97)88-47-25-26-48(88)40-102-39-47)37-58(90)82(9)54(35-42(3)4)61(91)78-59(43(5)14-2)68(98)81(8)44(6)63(93)87-33-29-53(87)66(96)84(56)11/h23,27,36,42-44,46-48,51-56,59-60H,13-22,24-26,28-35,37-41H2,1-12H3,(H,77,89)(H,78,91)(H,79,92)/t43-,44-,47?,48?,51-,52-,53-,54-,55-,56-,59-,60-/m0/s1. The van der Waals surface area contributed by atoms with Crippen molar-refractivity contribution < 1.29 is 84.6 Å². The maximum atomic E-state index is 15.9. The molecule has 12 amide bonds. The minimum absolute atomic E-state index is 0.0198. The van der Waals surface area contributed by atoms with Crippen molar-refractivity contribution in [2.75, 3.05) is 88.3 Å². The Balaban J connectivity index is 1.18. The molecule has 2 saturated carbocycles. The molecule has 102 heavy (non-hydrogen) atoms. The van der Waals surface area contributed by atoms with Crippen molar-refractivity contribution >= 4 is 70.9 Å². The van der Waals surface area contributed by atoms with Crippen molar-refractivity contribution in [3.8, 4) is 0 Å². The number of hydrogen-bond acceptors (Lipinski definition) is 14. The van der Waals surface area contributed by atoms with E-state index in [9.17, 15) is 37.1 Å². The lowest BCUT2D eigenvalue weighted by atomic mass is 9.90. The van der Waals surface area contributed by atoms with Gasteiger partial charge in [0.1, 0.15) is 65.7 Å². The first-order valence-corrected chi connectivity index (χ1v) is 36.6. The van der Waals surface area contributed by atoms with Crippen molar-refractivity contribution in [1.82, 2.24) is 60.0 Å². The first-order valence-electron chi connectivity index (χ1n) is 36.6. The van der Waals surface area contributed by atoms with Gasteiger partial charge in [0.05, 0.1) is 50.4 Å². The van der Waals surface area contributed by atoms with Gasteiger partial charge in [-0.25, -0.2) is 4.39 Å². The molecule has 26 nitrogen and oxygen atoms in total. The van der Waals surface area contributed by atoms with Gasteiger partial charge in [-0.2, -0.15) is 13.2 Å². The summed E-state index contributed by atoms with van der Waals surface area (Å²) >= 11 is 0. The summed E-state index contributed by atoms with van der Waals surface area (Å²) in [6.07, 6.45) is 0.331. The largest absolute Gasteiger partial charge is 0.419 e. The molecule has 0 radical (unpaired) electrons. The number of nitrogens with zero attached hydrogens (tertiary/aromatic N) is 9. The SMILES string of the molecule is CCCOC[C@H]1C(=O)N(C)CC(=O)N[C@@H](CCc2ccc(C(F)(F)F)c(F)c2)C(=O)N2CCC[C@H]2C(=O)NC2(CCCC2)C(=O)N(C)[C@@H](C2CCCC2)C(=O)N(C)[C@H](C(=O)N2C3CCC2COC3)CC(=O)N(C)[C@@H](CC(C)C)C(=O)N[C@@H]([C@@H](C)CC)C(=O)N(C)[C@@H](C)C(=O)N2CC[C@H]2C(=O)N1C. The fourth-order valence-electron chi connectivity index (χ4n) is 15.9. The normalized spacial score (nSPS) is 29.2. The lowest BCUT2D eigenvalue weighted by Crippen LogP contribution is -2.65. The molecule has 1 aromatic rings. The molecule has 0 aromatic heterocycles. The van der Waals surface area contributed by atoms with Crippen LogP contribution in [0.25, 0.3) is 0 Å². The van der Waals surface area contributed by atoms with Crippen LogP contribution in [-0.2, 0) is 79.6 Å². The number of ether oxygens (including phenoxy) is 2. The van der Waals surface area contributed by atoms with Gasteiger partial charge >= 0.3 is 6.18 Å². The van der Waals surface area contributed by atoms with E-state index in [1.807, 2.05) is 27.7 Å². The van der Waals surface area contributed by atoms with E-state index in [-0.39, 0.29) is 114 Å². The number of alkyl halides is 3. The van der Waals surface area contributed by atoms with E-state index in [1.54, 1.807) is 11.8 Å². The van der Waals surface area contributed by atoms with E-state index in [1.165, 1.54) is 78.6 Å². The zero-order valence-electron chi connectivity index (χ0n) is 61.5. The van der Waals surface area contributed by atoms with Crippen molar-refractivity contribution in [3.63, 3.8) is 0 Å². The van der Waals surface area contributed by atoms with E-state index >= 15 is 38.0 Å². The van der Waals surface area contributed by atoms with Crippen LogP contribution >= 0.6 is 0 Å². The Labute approximate surface area is 596 Å². The number of benzene rings is 1. The highest BCUT2D eigenvalue weighted by Gasteiger charge is 2.53. The number of carbonyl (C=O) groups excluding carboxylic acids is 12. The molecule has 2 aliphatic carbocycles. The van der Waals surface area contributed by atoms with Gasteiger partial charge in [0, 0.05) is 62.0 Å². The molecule has 2 unspecified atom stereocenters. The molecule has 1 aromatic carbocycles. The molecule has 30 heteroatoms. The molecular formula is C72H108F4N12O14. The Hall–Kier alpha value is -7.50. The minimum atomic E-state index is -5.01. The Morgan fingerprint density at radius 1 is 0.686 bits per heavy atom. The maximum absolute atomic E-state index is 15.9. The number of amides is 12. The quantitative estimate of drug-likeness (QED) is 0.187. The molecular weight excluding hydrogens is 1330 g/mol. The van der Waals surface area contributed by atoms with Crippen LogP contribution in [0.1, 0.15) is 168 Å². The fraction of sp³-hybridized carbons (Fsp3) is 0.750. The van der Waals surface area contributed by atoms with Crippen molar-refractivity contribution in [3.05, 3.63) is 35.1 Å². The molecule has 7 fully saturated rings. The van der Waals surface area contributed by atoms with Gasteiger partial charge in [0.25, 0.3) is 0 Å². The Bertz CT molecular complexity index is 3240. The summed E-state index contributed by atoms with van der Waals surface area (Å²) < 4.78 is 67.9. The van der Waals surface area contributed by atoms with Gasteiger partial charge in [-0.15, -0.1) is 0 Å². The number of halogens is 4. The topological polar surface area (TPSA) is 289 Å². The van der Waals surface area contributed by atoms with Crippen LogP contribution < -0.4 is 16.0 Å². The van der Waals surface area contributed by atoms with E-state index in [4.69, 9.17) is 9.47 Å². The molecule has 8 rings (SSSR count). The highest BCUT2D eigenvalue weighted by molar-refractivity contribution is 6.01. The number of likely N-dealkylation sites (N-methyl/N-ethyl adjacent to an activating group) is 6. The number of aryl methyl sites for hydroxylation is 1. The Morgan fingerprint density at radius 3 is 1.92 bits per heavy atom. The molecule has 3 N–H and O–H groups in total. The summed E-state index contributed by atoms with van der Waals surface area (Å²) in [7, 11) is 8.40. The lowest BCUT2D eigenvalue weighted by Gasteiger charge is -2.45. The lowest BCUT2D eigenvalue weighted by molar-refractivity contribution is -0.161. The third-order valence-corrected chi connectivity index (χ3v) is 22.6. The average Bonchev–Trinajstić information content (AvgIpc) is 1.36. The second-order valence-electron chi connectivity index (χ2n) is 29.9. The summed E-state index contributed by atoms with van der Waals surface area (Å²) in [4.78, 5) is 192. The van der Waals surface area contributed by atoms with E-state index in [0.717, 1.165) is 28.7 Å². The third kappa shape index (κ3) is 17.8. The Kier molecular flexibility index (Phi) is 27.0. The molecule has 5 heterocycles. The van der Waals surface area contributed by atoms with Gasteiger partial charge in [0.2, 0.25) is 70.9 Å². The summed E-state index contributed by atoms with van der Waals surface area (Å²) in [6.45, 7) is 10.3. The molecule has 5 aliphatic heterocycles. The van der Waals surface area contributed by atoms with Crippen LogP contribution in [-0.4, -0.2) is 275 Å². The summed E-state index contributed by atoms with van der Waals surface area (Å²) in [5, 5.41) is 8.64. The number of hydrogen-bond donors (Lipinski definition) is 3. The number of morpholine rings is 1. The zero-order chi connectivity index (χ0) is 75.0. The van der Waals surface area contributed by atoms with Crippen LogP contribution in [0.5, 0.6) is 0 Å². The summed E-state index contributed by atoms with van der Waals surface area (Å²) in [6, 6.07) is -10.0. The number of rotatable bonds is 13. The molecule has 7 aliphatic rings. The monoisotopic (exact) mass is 1440 g/mol. The second-order valence-corrected chi connectivity index (χ2v) is 29.9. The molecule has 12 atom stereocenters. The third-order valence-electron chi connectivity index (χ3n) is 22.6. The smallest absolute Gasteiger partial charge is 0.379 e. The first-order chi connectivity index (χ1) is 48.2. The maximum Gasteiger partial charge on any atom is 0.419 e. The van der Waals surface area contributed by atoms with E-state index in [0.29, 0.717) is 63.5 Å². The Morgan fingerprint density at radius 2 is 1.33 bits per heavy atom. The van der Waals surface area contributed by atoms with Crippen LogP contribution in [0.2, 0.25) is 0 Å². The minimum Gasteiger partial charge on any atom is -0.379 e. The van der Waals surface area contributed by atoms with Crippen LogP contribution in [0.4, 0.5) is 17.6 Å². The van der Waals surface area contributed by atoms with E-state index < -0.39 is 173 Å². The first kappa shape index (κ1) is 80.2. The zero-order valence-corrected chi connectivity index (χ0v) is 61.5. The number of carbonyl (C=O) groups is 12. The second kappa shape index (κ2) is 34.4. The molecule has 1 spiro atoms. The van der Waals surface area contributed by atoms with Crippen molar-refractivity contribution in [1.29, 1.82) is 0 Å². The number of fused-ring (bicyclic) bond motifs is 4. The highest BCUT2D eigenvalue weighted by Crippen LogP contribution is 2.39. The summed E-state index contributed by atoms with van der Waals surface area (Å²) in [5.74, 6) is -10.9. The van der Waals surface area contributed by atoms with Gasteiger partial charge in [-0.05, 0) is 126 Å². The van der Waals surface area contributed by atoms with Crippen molar-refractivity contribution in [2.24, 2.45) is 17.8 Å². The van der Waals surface area contributed by atoms with Gasteiger partial charge < -0.3 is 69.5 Å². The predicted molar refractivity (Wildman–Crippen MR) is 365 cm³/mol. The van der Waals surface area contributed by atoms with Gasteiger partial charge in [-0.1, -0.05) is 72.8 Å². The fourth-order valence-corrected chi connectivity index (χ4v) is 15.9. The van der Waals surface area contributed by atoms with Gasteiger partial charge in [-0.3, -0.25) is 57.5 Å².